The van der Waals surface area contributed by atoms with Gasteiger partial charge in [0.15, 0.2) is 17.9 Å². The number of aryl methyl sites for hydroxylation is 1. The van der Waals surface area contributed by atoms with E-state index in [1.807, 2.05) is 6.92 Å². The third kappa shape index (κ3) is 3.85. The average molecular weight is 414 g/mol. The van der Waals surface area contributed by atoms with E-state index in [-0.39, 0.29) is 11.5 Å². The number of benzene rings is 1. The minimum atomic E-state index is -3.93. The van der Waals surface area contributed by atoms with Gasteiger partial charge >= 0.3 is 0 Å². The van der Waals surface area contributed by atoms with Crippen LogP contribution >= 0.6 is 0 Å². The fraction of sp³-hybridized carbons (Fsp3) is 0.684. The lowest BCUT2D eigenvalue weighted by molar-refractivity contribution is -0.238. The topological polar surface area (TPSA) is 89.5 Å². The van der Waals surface area contributed by atoms with Gasteiger partial charge in [0.25, 0.3) is 10.1 Å². The largest absolute Gasteiger partial charge is 0.342 e. The zero-order chi connectivity index (χ0) is 20.3. The Bertz CT molecular complexity index is 832. The molecule has 156 valence electrons. The molecule has 3 fully saturated rings. The Morgan fingerprint density at radius 2 is 1.46 bits per heavy atom. The molecule has 1 aromatic carbocycles. The van der Waals surface area contributed by atoms with Crippen LogP contribution in [0.2, 0.25) is 0 Å². The van der Waals surface area contributed by atoms with Crippen LogP contribution in [0.5, 0.6) is 0 Å². The maximum atomic E-state index is 12.5. The first-order chi connectivity index (χ1) is 13.0. The zero-order valence-electron chi connectivity index (χ0n) is 16.6. The maximum absolute atomic E-state index is 12.5. The minimum absolute atomic E-state index is 0.0915. The highest BCUT2D eigenvalue weighted by molar-refractivity contribution is 7.86. The first-order valence-corrected chi connectivity index (χ1v) is 10.7. The van der Waals surface area contributed by atoms with Crippen molar-refractivity contribution >= 4 is 10.1 Å². The second kappa shape index (κ2) is 6.73. The molecule has 0 saturated carbocycles. The number of fused-ring (bicyclic) bond motifs is 3. The van der Waals surface area contributed by atoms with Gasteiger partial charge in [-0.3, -0.25) is 4.18 Å². The molecule has 4 rings (SSSR count). The van der Waals surface area contributed by atoms with Crippen molar-refractivity contribution in [2.75, 3.05) is 6.61 Å². The summed E-state index contributed by atoms with van der Waals surface area (Å²) in [5.41, 5.74) is 0.961. The molecule has 0 spiro atoms. The van der Waals surface area contributed by atoms with Crippen molar-refractivity contribution in [2.45, 2.75) is 81.8 Å². The molecule has 1 aromatic rings. The summed E-state index contributed by atoms with van der Waals surface area (Å²) in [5, 5.41) is 0. The summed E-state index contributed by atoms with van der Waals surface area (Å²) in [6.07, 6.45) is -2.84. The lowest BCUT2D eigenvalue weighted by Gasteiger charge is -2.36. The summed E-state index contributed by atoms with van der Waals surface area (Å²) >= 11 is 0. The molecule has 5 atom stereocenters. The Morgan fingerprint density at radius 3 is 2.14 bits per heavy atom. The predicted octanol–water partition coefficient (Wildman–Crippen LogP) is 2.10. The van der Waals surface area contributed by atoms with Crippen LogP contribution in [0.4, 0.5) is 0 Å². The van der Waals surface area contributed by atoms with Crippen LogP contribution < -0.4 is 0 Å². The van der Waals surface area contributed by atoms with Crippen LogP contribution in [-0.4, -0.2) is 57.3 Å². The van der Waals surface area contributed by atoms with E-state index in [1.54, 1.807) is 39.8 Å². The highest BCUT2D eigenvalue weighted by Gasteiger charge is 2.60. The Labute approximate surface area is 165 Å². The van der Waals surface area contributed by atoms with Crippen LogP contribution in [0, 0.1) is 6.92 Å². The number of hydrogen-bond donors (Lipinski definition) is 0. The average Bonchev–Trinajstić information content (AvgIpc) is 3.07. The van der Waals surface area contributed by atoms with Crippen molar-refractivity contribution < 1.29 is 36.3 Å². The molecule has 0 aromatic heterocycles. The van der Waals surface area contributed by atoms with Gasteiger partial charge in [-0.05, 0) is 46.8 Å². The molecule has 28 heavy (non-hydrogen) atoms. The smallest absolute Gasteiger partial charge is 0.297 e. The molecule has 3 aliphatic heterocycles. The zero-order valence-corrected chi connectivity index (χ0v) is 17.4. The van der Waals surface area contributed by atoms with E-state index in [4.69, 9.17) is 27.9 Å². The summed E-state index contributed by atoms with van der Waals surface area (Å²) < 4.78 is 60.0. The van der Waals surface area contributed by atoms with Crippen LogP contribution in [0.15, 0.2) is 29.2 Å². The summed E-state index contributed by atoms with van der Waals surface area (Å²) in [7, 11) is -3.93. The quantitative estimate of drug-likeness (QED) is 0.692. The molecular weight excluding hydrogens is 388 g/mol. The van der Waals surface area contributed by atoms with E-state index >= 15 is 0 Å². The first kappa shape index (κ1) is 20.2. The van der Waals surface area contributed by atoms with Crippen LogP contribution in [0.25, 0.3) is 0 Å². The molecule has 1 unspecified atom stereocenters. The van der Waals surface area contributed by atoms with Crippen molar-refractivity contribution in [3.8, 4) is 0 Å². The molecule has 8 nitrogen and oxygen atoms in total. The Morgan fingerprint density at radius 1 is 0.893 bits per heavy atom. The SMILES string of the molecule is Cc1ccc(S(=O)(=O)OC[C@H]2OC3OC(C)(C)O[C@@H]3[C@H]3OC(C)(C)O[C@H]32)cc1. The molecule has 3 saturated heterocycles. The van der Waals surface area contributed by atoms with E-state index in [2.05, 4.69) is 0 Å². The number of rotatable bonds is 4. The minimum Gasteiger partial charge on any atom is -0.342 e. The van der Waals surface area contributed by atoms with E-state index < -0.39 is 52.4 Å². The molecule has 9 heteroatoms. The Kier molecular flexibility index (Phi) is 4.86. The second-order valence-corrected chi connectivity index (χ2v) is 9.87. The molecule has 3 aliphatic rings. The van der Waals surface area contributed by atoms with Gasteiger partial charge in [0.05, 0.1) is 11.5 Å². The highest BCUT2D eigenvalue weighted by atomic mass is 32.2. The van der Waals surface area contributed by atoms with Gasteiger partial charge in [-0.15, -0.1) is 0 Å². The molecule has 0 radical (unpaired) electrons. The molecule has 3 heterocycles. The van der Waals surface area contributed by atoms with Crippen LogP contribution in [0.3, 0.4) is 0 Å². The second-order valence-electron chi connectivity index (χ2n) is 8.26. The summed E-state index contributed by atoms with van der Waals surface area (Å²) in [4.78, 5) is 0.0915. The van der Waals surface area contributed by atoms with E-state index in [0.717, 1.165) is 5.56 Å². The third-order valence-corrected chi connectivity index (χ3v) is 6.24. The monoisotopic (exact) mass is 414 g/mol. The van der Waals surface area contributed by atoms with Gasteiger partial charge in [-0.2, -0.15) is 8.42 Å². The Balaban J connectivity index is 1.52. The number of hydrogen-bond acceptors (Lipinski definition) is 8. The summed E-state index contributed by atoms with van der Waals surface area (Å²) in [6.45, 7) is 8.83. The van der Waals surface area contributed by atoms with E-state index in [1.165, 1.54) is 12.1 Å². The molecule has 0 bridgehead atoms. The molecule has 0 amide bonds. The van der Waals surface area contributed by atoms with Crippen LogP contribution in [-0.2, 0) is 38.0 Å². The third-order valence-electron chi connectivity index (χ3n) is 4.95. The van der Waals surface area contributed by atoms with Crippen molar-refractivity contribution in [2.24, 2.45) is 0 Å². The highest BCUT2D eigenvalue weighted by Crippen LogP contribution is 2.44. The van der Waals surface area contributed by atoms with Gasteiger partial charge in [0.2, 0.25) is 0 Å². The molecular formula is C19H26O8S. The fourth-order valence-electron chi connectivity index (χ4n) is 3.76. The molecule has 0 N–H and O–H groups in total. The van der Waals surface area contributed by atoms with Gasteiger partial charge < -0.3 is 23.7 Å². The maximum Gasteiger partial charge on any atom is 0.297 e. The van der Waals surface area contributed by atoms with E-state index in [0.29, 0.717) is 0 Å². The van der Waals surface area contributed by atoms with Crippen molar-refractivity contribution in [1.82, 2.24) is 0 Å². The standard InChI is InChI=1S/C19H26O8S/c1-11-6-8-12(9-7-11)28(20,21)22-10-13-14-15(25-18(2,3)24-14)16-17(23-13)27-19(4,5)26-16/h6-9,13-17H,10H2,1-5H3/t13-,14+,15+,16-,17?/m1/s1. The lowest BCUT2D eigenvalue weighted by Crippen LogP contribution is -2.56. The predicted molar refractivity (Wildman–Crippen MR) is 96.8 cm³/mol. The van der Waals surface area contributed by atoms with Gasteiger partial charge in [0, 0.05) is 0 Å². The lowest BCUT2D eigenvalue weighted by atomic mass is 9.99. The van der Waals surface area contributed by atoms with Crippen molar-refractivity contribution in [1.29, 1.82) is 0 Å². The fourth-order valence-corrected chi connectivity index (χ4v) is 4.68. The molecule has 0 aliphatic carbocycles. The van der Waals surface area contributed by atoms with Crippen LogP contribution in [0.1, 0.15) is 33.3 Å². The van der Waals surface area contributed by atoms with Gasteiger partial charge in [-0.25, -0.2) is 0 Å². The Hall–Kier alpha value is -1.07. The van der Waals surface area contributed by atoms with Gasteiger partial charge in [-0.1, -0.05) is 17.7 Å². The van der Waals surface area contributed by atoms with E-state index in [9.17, 15) is 8.42 Å². The van der Waals surface area contributed by atoms with Crippen molar-refractivity contribution in [3.63, 3.8) is 0 Å². The van der Waals surface area contributed by atoms with Gasteiger partial charge in [0.1, 0.15) is 24.4 Å². The number of ether oxygens (including phenoxy) is 5. The summed E-state index contributed by atoms with van der Waals surface area (Å²) in [5.74, 6) is -1.68. The first-order valence-electron chi connectivity index (χ1n) is 9.29. The summed E-state index contributed by atoms with van der Waals surface area (Å²) in [6, 6.07) is 6.46. The normalized spacial score (nSPS) is 36.1. The van der Waals surface area contributed by atoms with Crippen molar-refractivity contribution in [3.05, 3.63) is 29.8 Å².